The highest BCUT2D eigenvalue weighted by atomic mass is 16.7. The largest absolute Gasteiger partial charge is 0.479 e. The molecule has 25 heavy (non-hydrogen) atoms. The summed E-state index contributed by atoms with van der Waals surface area (Å²) in [5.41, 5.74) is 0. The molecule has 0 radical (unpaired) electrons. The fourth-order valence-corrected chi connectivity index (χ4v) is 2.77. The van der Waals surface area contributed by atoms with Gasteiger partial charge in [-0.15, -0.1) is 0 Å². The zero-order valence-electron chi connectivity index (χ0n) is 13.7. The van der Waals surface area contributed by atoms with Crippen LogP contribution in [0.15, 0.2) is 18.7 Å². The summed E-state index contributed by atoms with van der Waals surface area (Å²) >= 11 is 0. The Bertz CT molecular complexity index is 668. The number of nitrogens with zero attached hydrogens (tertiary/aromatic N) is 5. The number of hydrogen-bond donors (Lipinski definition) is 1. The summed E-state index contributed by atoms with van der Waals surface area (Å²) in [5, 5.41) is 19.1. The van der Waals surface area contributed by atoms with Gasteiger partial charge < -0.3 is 5.11 Å². The second-order valence-corrected chi connectivity index (χ2v) is 5.68. The molecule has 10 nitrogen and oxygen atoms in total. The highest BCUT2D eigenvalue weighted by Crippen LogP contribution is 2.21. The van der Waals surface area contributed by atoms with E-state index in [0.717, 1.165) is 5.06 Å². The minimum atomic E-state index is -1.19. The molecular formula is C15H19N5O5. The van der Waals surface area contributed by atoms with E-state index in [1.807, 2.05) is 0 Å². The zero-order chi connectivity index (χ0) is 18.4. The predicted octanol–water partition coefficient (Wildman–Crippen LogP) is -0.255. The molecule has 1 amide bonds. The molecule has 1 N–H and O–H groups in total. The van der Waals surface area contributed by atoms with Crippen molar-refractivity contribution in [1.29, 1.82) is 5.26 Å². The van der Waals surface area contributed by atoms with Crippen molar-refractivity contribution in [3.8, 4) is 6.07 Å². The van der Waals surface area contributed by atoms with E-state index in [1.165, 1.54) is 30.2 Å². The number of amides is 1. The Kier molecular flexibility index (Phi) is 6.21. The molecule has 134 valence electrons. The smallest absolute Gasteiger partial charge is 0.332 e. The maximum atomic E-state index is 12.2. The van der Waals surface area contributed by atoms with Gasteiger partial charge in [-0.2, -0.15) is 5.26 Å². The number of carboxylic acid groups (broad SMARTS) is 1. The average molecular weight is 349 g/mol. The maximum absolute atomic E-state index is 12.2. The van der Waals surface area contributed by atoms with Crippen molar-refractivity contribution in [2.24, 2.45) is 0 Å². The monoisotopic (exact) mass is 349 g/mol. The molecule has 2 atom stereocenters. The second kappa shape index (κ2) is 8.36. The summed E-state index contributed by atoms with van der Waals surface area (Å²) in [6.45, 7) is 0.860. The van der Waals surface area contributed by atoms with E-state index < -0.39 is 30.6 Å². The Morgan fingerprint density at radius 1 is 1.44 bits per heavy atom. The zero-order valence-corrected chi connectivity index (χ0v) is 13.7. The van der Waals surface area contributed by atoms with E-state index >= 15 is 0 Å². The van der Waals surface area contributed by atoms with Crippen LogP contribution in [0.3, 0.4) is 0 Å². The number of carboxylic acids is 1. The number of carbonyl (C=O) groups is 3. The van der Waals surface area contributed by atoms with Crippen LogP contribution in [0.2, 0.25) is 0 Å². The number of rotatable bonds is 6. The van der Waals surface area contributed by atoms with Gasteiger partial charge in [0.25, 0.3) is 0 Å². The van der Waals surface area contributed by atoms with Crippen molar-refractivity contribution in [2.45, 2.75) is 31.8 Å². The van der Waals surface area contributed by atoms with E-state index in [4.69, 9.17) is 9.94 Å². The van der Waals surface area contributed by atoms with Gasteiger partial charge in [-0.05, 0) is 12.8 Å². The van der Waals surface area contributed by atoms with Crippen molar-refractivity contribution in [3.05, 3.63) is 18.7 Å². The first-order chi connectivity index (χ1) is 11.9. The highest BCUT2D eigenvalue weighted by Gasteiger charge is 2.34. The molecule has 1 fully saturated rings. The number of piperidine rings is 1. The van der Waals surface area contributed by atoms with Crippen molar-refractivity contribution < 1.29 is 24.3 Å². The van der Waals surface area contributed by atoms with Crippen molar-refractivity contribution in [1.82, 2.24) is 19.5 Å². The SMILES string of the molecule is CC(=O)N(OCC(=O)O)[C@@H]1CC[C@@H](C#N)N(CC(=O)n2ccnc2)C1. The molecule has 0 spiro atoms. The number of hydrogen-bond acceptors (Lipinski definition) is 7. The summed E-state index contributed by atoms with van der Waals surface area (Å²) in [5.74, 6) is -1.87. The van der Waals surface area contributed by atoms with E-state index in [-0.39, 0.29) is 19.0 Å². The van der Waals surface area contributed by atoms with Gasteiger partial charge in [-0.3, -0.25) is 23.9 Å². The Morgan fingerprint density at radius 3 is 2.76 bits per heavy atom. The average Bonchev–Trinajstić information content (AvgIpc) is 3.09. The van der Waals surface area contributed by atoms with Crippen molar-refractivity contribution in [3.63, 3.8) is 0 Å². The van der Waals surface area contributed by atoms with Crippen LogP contribution in [0.4, 0.5) is 0 Å². The van der Waals surface area contributed by atoms with Crippen LogP contribution >= 0.6 is 0 Å². The lowest BCUT2D eigenvalue weighted by molar-refractivity contribution is -0.208. The molecule has 0 aliphatic carbocycles. The number of hydroxylamine groups is 2. The molecule has 0 unspecified atom stereocenters. The van der Waals surface area contributed by atoms with Gasteiger partial charge in [0.2, 0.25) is 11.8 Å². The third-order valence-corrected chi connectivity index (χ3v) is 3.91. The molecule has 1 aromatic rings. The topological polar surface area (TPSA) is 129 Å². The number of aliphatic carboxylic acids is 1. The summed E-state index contributed by atoms with van der Waals surface area (Å²) in [4.78, 5) is 45.2. The second-order valence-electron chi connectivity index (χ2n) is 5.68. The summed E-state index contributed by atoms with van der Waals surface area (Å²) < 4.78 is 1.32. The van der Waals surface area contributed by atoms with Crippen LogP contribution in [0.25, 0.3) is 0 Å². The standard InChI is InChI=1S/C15H19N5O5/c1-11(21)20(25-9-15(23)24)13-3-2-12(6-16)19(7-13)8-14(22)18-5-4-17-10-18/h4-5,10,12-13H,2-3,7-9H2,1H3,(H,23,24)/t12-,13+/m0/s1. The normalized spacial score (nSPS) is 20.6. The van der Waals surface area contributed by atoms with Crippen LogP contribution in [0.1, 0.15) is 24.6 Å². The Labute approximate surface area is 144 Å². The van der Waals surface area contributed by atoms with Crippen LogP contribution < -0.4 is 0 Å². The van der Waals surface area contributed by atoms with E-state index in [9.17, 15) is 19.6 Å². The molecule has 2 heterocycles. The third-order valence-electron chi connectivity index (χ3n) is 3.91. The number of likely N-dealkylation sites (tertiary alicyclic amines) is 1. The van der Waals surface area contributed by atoms with E-state index in [2.05, 4.69) is 11.1 Å². The maximum Gasteiger partial charge on any atom is 0.332 e. The third kappa shape index (κ3) is 4.85. The molecule has 0 aromatic carbocycles. The number of nitriles is 1. The van der Waals surface area contributed by atoms with Crippen LogP contribution in [0, 0.1) is 11.3 Å². The predicted molar refractivity (Wildman–Crippen MR) is 83.0 cm³/mol. The van der Waals surface area contributed by atoms with Gasteiger partial charge in [-0.25, -0.2) is 14.8 Å². The number of aromatic nitrogens is 2. The van der Waals surface area contributed by atoms with Gasteiger partial charge in [0.15, 0.2) is 6.61 Å². The molecule has 1 aliphatic rings. The lowest BCUT2D eigenvalue weighted by Gasteiger charge is -2.39. The van der Waals surface area contributed by atoms with Crippen LogP contribution in [-0.4, -0.2) is 74.2 Å². The number of imidazole rings is 1. The number of carbonyl (C=O) groups excluding carboxylic acids is 2. The van der Waals surface area contributed by atoms with E-state index in [1.54, 1.807) is 4.90 Å². The molecule has 1 saturated heterocycles. The summed E-state index contributed by atoms with van der Waals surface area (Å²) in [7, 11) is 0. The summed E-state index contributed by atoms with van der Waals surface area (Å²) in [6, 6.07) is 1.26. The lowest BCUT2D eigenvalue weighted by atomic mass is 9.98. The minimum absolute atomic E-state index is 0.0181. The molecule has 0 saturated carbocycles. The molecule has 1 aliphatic heterocycles. The fraction of sp³-hybridized carbons (Fsp3) is 0.533. The minimum Gasteiger partial charge on any atom is -0.479 e. The Balaban J connectivity index is 2.07. The molecular weight excluding hydrogens is 330 g/mol. The van der Waals surface area contributed by atoms with Crippen LogP contribution in [0.5, 0.6) is 0 Å². The molecule has 0 bridgehead atoms. The van der Waals surface area contributed by atoms with Gasteiger partial charge in [0.05, 0.1) is 24.7 Å². The summed E-state index contributed by atoms with van der Waals surface area (Å²) in [6.07, 6.45) is 5.30. The van der Waals surface area contributed by atoms with Gasteiger partial charge >= 0.3 is 5.97 Å². The molecule has 10 heteroatoms. The fourth-order valence-electron chi connectivity index (χ4n) is 2.77. The quantitative estimate of drug-likeness (QED) is 0.696. The van der Waals surface area contributed by atoms with Crippen molar-refractivity contribution >= 4 is 17.8 Å². The molecule has 1 aromatic heterocycles. The Hall–Kier alpha value is -2.77. The Morgan fingerprint density at radius 2 is 2.20 bits per heavy atom. The molecule has 2 rings (SSSR count). The van der Waals surface area contributed by atoms with E-state index in [0.29, 0.717) is 12.8 Å². The van der Waals surface area contributed by atoms with Gasteiger partial charge in [0.1, 0.15) is 6.33 Å². The first kappa shape index (κ1) is 18.6. The van der Waals surface area contributed by atoms with Crippen LogP contribution in [-0.2, 0) is 14.4 Å². The first-order valence-electron chi connectivity index (χ1n) is 7.71. The van der Waals surface area contributed by atoms with Gasteiger partial charge in [0, 0.05) is 25.9 Å². The van der Waals surface area contributed by atoms with Gasteiger partial charge in [-0.1, -0.05) is 0 Å². The lowest BCUT2D eigenvalue weighted by Crippen LogP contribution is -2.54. The van der Waals surface area contributed by atoms with Crippen molar-refractivity contribution in [2.75, 3.05) is 19.7 Å². The first-order valence-corrected chi connectivity index (χ1v) is 7.71. The highest BCUT2D eigenvalue weighted by molar-refractivity contribution is 5.80.